The Kier molecular flexibility index (Phi) is 6.92. The van der Waals surface area contributed by atoms with Crippen molar-refractivity contribution in [3.63, 3.8) is 0 Å². The van der Waals surface area contributed by atoms with Gasteiger partial charge in [0, 0.05) is 6.04 Å². The molecule has 0 saturated heterocycles. The average molecular weight is 372 g/mol. The number of benzene rings is 1. The van der Waals surface area contributed by atoms with E-state index in [9.17, 15) is 21.6 Å². The van der Waals surface area contributed by atoms with E-state index < -0.39 is 21.1 Å². The first-order valence-corrected chi connectivity index (χ1v) is 9.02. The zero-order chi connectivity index (χ0) is 16.4. The van der Waals surface area contributed by atoms with Gasteiger partial charge in [0.1, 0.15) is 0 Å². The minimum Gasteiger partial charge on any atom is -0.314 e. The van der Waals surface area contributed by atoms with Gasteiger partial charge in [-0.05, 0) is 48.9 Å². The van der Waals surface area contributed by atoms with Crippen LogP contribution in [-0.4, -0.2) is 26.5 Å². The van der Waals surface area contributed by atoms with Crippen molar-refractivity contribution in [2.45, 2.75) is 49.9 Å². The Morgan fingerprint density at radius 1 is 1.30 bits per heavy atom. The molecule has 0 aliphatic heterocycles. The largest absolute Gasteiger partial charge is 0.497 e. The van der Waals surface area contributed by atoms with Crippen molar-refractivity contribution < 1.29 is 21.6 Å². The number of nitrogens with one attached hydrogen (secondary N) is 1. The summed E-state index contributed by atoms with van der Waals surface area (Å²) in [6, 6.07) is 5.31. The number of fused-ring (bicyclic) bond motifs is 1. The van der Waals surface area contributed by atoms with Crippen molar-refractivity contribution >= 4 is 22.2 Å². The predicted octanol–water partition coefficient (Wildman–Crippen LogP) is 3.40. The lowest BCUT2D eigenvalue weighted by Crippen LogP contribution is -2.35. The topological polar surface area (TPSA) is 46.2 Å². The molecule has 0 radical (unpaired) electrons. The van der Waals surface area contributed by atoms with Gasteiger partial charge in [0.15, 0.2) is 0 Å². The van der Waals surface area contributed by atoms with Crippen LogP contribution in [0.4, 0.5) is 13.2 Å². The summed E-state index contributed by atoms with van der Waals surface area (Å²) in [6.07, 6.45) is 3.18. The molecular weight excluding hydrogens is 351 g/mol. The van der Waals surface area contributed by atoms with Crippen LogP contribution in [0.15, 0.2) is 18.2 Å². The summed E-state index contributed by atoms with van der Waals surface area (Å²) >= 11 is 0. The molecule has 0 bridgehead atoms. The fourth-order valence-corrected chi connectivity index (χ4v) is 3.67. The quantitative estimate of drug-likeness (QED) is 0.862. The standard InChI is InChI=1S/C15H20F3NO2S.ClH/c1-2-8-19-13-6-7-14-11(9-13)4-3-5-12(14)10-22(20,21)15(16,17)18;/h3-5,13,19H,2,6-10H2,1H3;1H/t13-;/m0./s1. The lowest BCUT2D eigenvalue weighted by Gasteiger charge is -2.27. The van der Waals surface area contributed by atoms with E-state index in [1.165, 1.54) is 6.07 Å². The SMILES string of the molecule is CCCN[C@H]1CCc2c(cccc2CS(=O)(=O)C(F)(F)F)C1.Cl. The Balaban J connectivity index is 0.00000264. The Morgan fingerprint density at radius 2 is 2.00 bits per heavy atom. The minimum absolute atomic E-state index is 0. The van der Waals surface area contributed by atoms with Crippen LogP contribution < -0.4 is 5.32 Å². The van der Waals surface area contributed by atoms with Crippen LogP contribution in [0.1, 0.15) is 36.5 Å². The monoisotopic (exact) mass is 371 g/mol. The zero-order valence-corrected chi connectivity index (χ0v) is 14.5. The van der Waals surface area contributed by atoms with Crippen molar-refractivity contribution in [1.29, 1.82) is 0 Å². The third-order valence-corrected chi connectivity index (χ3v) is 5.36. The van der Waals surface area contributed by atoms with Gasteiger partial charge in [-0.25, -0.2) is 8.42 Å². The fourth-order valence-electron chi connectivity index (χ4n) is 2.83. The molecule has 1 N–H and O–H groups in total. The van der Waals surface area contributed by atoms with E-state index in [1.54, 1.807) is 6.07 Å². The maximum absolute atomic E-state index is 12.6. The molecule has 1 aliphatic carbocycles. The third-order valence-electron chi connectivity index (χ3n) is 3.96. The van der Waals surface area contributed by atoms with E-state index in [1.807, 2.05) is 6.07 Å². The second-order valence-corrected chi connectivity index (χ2v) is 7.63. The molecule has 0 unspecified atom stereocenters. The number of alkyl halides is 3. The maximum Gasteiger partial charge on any atom is 0.497 e. The average Bonchev–Trinajstić information content (AvgIpc) is 2.43. The first-order chi connectivity index (χ1) is 10.2. The van der Waals surface area contributed by atoms with E-state index in [4.69, 9.17) is 0 Å². The predicted molar refractivity (Wildman–Crippen MR) is 86.5 cm³/mol. The van der Waals surface area contributed by atoms with E-state index in [-0.39, 0.29) is 18.0 Å². The van der Waals surface area contributed by atoms with Gasteiger partial charge in [0.05, 0.1) is 5.75 Å². The molecule has 1 aromatic carbocycles. The van der Waals surface area contributed by atoms with Gasteiger partial charge in [-0.3, -0.25) is 0 Å². The Morgan fingerprint density at radius 3 is 2.61 bits per heavy atom. The molecule has 0 fully saturated rings. The van der Waals surface area contributed by atoms with Gasteiger partial charge in [-0.15, -0.1) is 12.4 Å². The number of hydrogen-bond donors (Lipinski definition) is 1. The molecule has 0 spiro atoms. The van der Waals surface area contributed by atoms with Gasteiger partial charge in [-0.2, -0.15) is 13.2 Å². The first-order valence-electron chi connectivity index (χ1n) is 7.36. The molecule has 1 aromatic rings. The molecule has 0 heterocycles. The summed E-state index contributed by atoms with van der Waals surface area (Å²) in [6.45, 7) is 2.98. The summed E-state index contributed by atoms with van der Waals surface area (Å²) in [5.74, 6) is -0.966. The van der Waals surface area contributed by atoms with Crippen molar-refractivity contribution in [2.24, 2.45) is 0 Å². The van der Waals surface area contributed by atoms with Crippen molar-refractivity contribution in [3.8, 4) is 0 Å². The molecule has 1 aliphatic rings. The van der Waals surface area contributed by atoms with E-state index in [0.29, 0.717) is 12.5 Å². The van der Waals surface area contributed by atoms with Gasteiger partial charge in [-0.1, -0.05) is 25.1 Å². The van der Waals surface area contributed by atoms with Crippen LogP contribution in [0.5, 0.6) is 0 Å². The minimum atomic E-state index is -5.20. The highest BCUT2D eigenvalue weighted by atomic mass is 35.5. The molecule has 132 valence electrons. The second-order valence-electron chi connectivity index (χ2n) is 5.65. The number of rotatable bonds is 5. The molecule has 0 saturated carbocycles. The molecule has 2 rings (SSSR count). The fraction of sp³-hybridized carbons (Fsp3) is 0.600. The van der Waals surface area contributed by atoms with Crippen LogP contribution in [0.3, 0.4) is 0 Å². The van der Waals surface area contributed by atoms with E-state index in [2.05, 4.69) is 12.2 Å². The lowest BCUT2D eigenvalue weighted by atomic mass is 9.86. The van der Waals surface area contributed by atoms with Crippen LogP contribution in [0, 0.1) is 0 Å². The highest BCUT2D eigenvalue weighted by Gasteiger charge is 2.45. The zero-order valence-electron chi connectivity index (χ0n) is 12.8. The van der Waals surface area contributed by atoms with Gasteiger partial charge in [0.25, 0.3) is 9.84 Å². The van der Waals surface area contributed by atoms with Gasteiger partial charge in [0.2, 0.25) is 0 Å². The summed E-state index contributed by atoms with van der Waals surface area (Å²) < 4.78 is 60.4. The summed E-state index contributed by atoms with van der Waals surface area (Å²) in [4.78, 5) is 0. The highest BCUT2D eigenvalue weighted by Crippen LogP contribution is 2.31. The molecule has 0 amide bonds. The number of hydrogen-bond acceptors (Lipinski definition) is 3. The Hall–Kier alpha value is -0.790. The van der Waals surface area contributed by atoms with Crippen molar-refractivity contribution in [2.75, 3.05) is 6.54 Å². The van der Waals surface area contributed by atoms with Crippen LogP contribution in [-0.2, 0) is 28.4 Å². The summed E-state index contributed by atoms with van der Waals surface area (Å²) in [5.41, 5.74) is -3.20. The van der Waals surface area contributed by atoms with E-state index >= 15 is 0 Å². The van der Waals surface area contributed by atoms with Gasteiger partial charge >= 0.3 is 5.51 Å². The lowest BCUT2D eigenvalue weighted by molar-refractivity contribution is -0.0437. The third kappa shape index (κ3) is 4.84. The molecule has 8 heteroatoms. The van der Waals surface area contributed by atoms with E-state index in [0.717, 1.165) is 36.9 Å². The summed E-state index contributed by atoms with van der Waals surface area (Å²) in [7, 11) is -5.13. The van der Waals surface area contributed by atoms with Crippen LogP contribution in [0.2, 0.25) is 0 Å². The second kappa shape index (κ2) is 7.85. The first kappa shape index (κ1) is 20.3. The smallest absolute Gasteiger partial charge is 0.314 e. The summed E-state index contributed by atoms with van der Waals surface area (Å²) in [5, 5.41) is 3.41. The van der Waals surface area contributed by atoms with Crippen LogP contribution >= 0.6 is 12.4 Å². The molecule has 3 nitrogen and oxygen atoms in total. The Bertz CT molecular complexity index is 632. The highest BCUT2D eigenvalue weighted by molar-refractivity contribution is 7.91. The molecule has 0 aromatic heterocycles. The normalized spacial score (nSPS) is 18.2. The molecule has 23 heavy (non-hydrogen) atoms. The van der Waals surface area contributed by atoms with Crippen molar-refractivity contribution in [3.05, 3.63) is 34.9 Å². The number of sulfone groups is 1. The number of halogens is 4. The van der Waals surface area contributed by atoms with Crippen LogP contribution in [0.25, 0.3) is 0 Å². The van der Waals surface area contributed by atoms with Crippen molar-refractivity contribution in [1.82, 2.24) is 5.32 Å². The Labute approximate surface area is 141 Å². The maximum atomic E-state index is 12.6. The van der Waals surface area contributed by atoms with Gasteiger partial charge < -0.3 is 5.32 Å². The molecule has 1 atom stereocenters. The molecular formula is C15H21ClF3NO2S.